The average molecular weight is 380 g/mol. The quantitative estimate of drug-likeness (QED) is 0.731. The van der Waals surface area contributed by atoms with E-state index in [0.717, 1.165) is 0 Å². The van der Waals surface area contributed by atoms with Crippen molar-refractivity contribution in [2.45, 2.75) is 25.8 Å². The molecular formula is C17H15Cl2N3O3. The van der Waals surface area contributed by atoms with Gasteiger partial charge >= 0.3 is 5.97 Å². The van der Waals surface area contributed by atoms with Crippen molar-refractivity contribution in [3.63, 3.8) is 0 Å². The van der Waals surface area contributed by atoms with Crippen LogP contribution in [-0.4, -0.2) is 29.9 Å². The highest BCUT2D eigenvalue weighted by atomic mass is 35.5. The number of amides is 1. The Balaban J connectivity index is 2.79. The number of nitriles is 2. The van der Waals surface area contributed by atoms with Crippen LogP contribution in [0.2, 0.25) is 10.0 Å². The second kappa shape index (κ2) is 7.31. The number of carbonyl (C=O) groups is 2. The van der Waals surface area contributed by atoms with Crippen LogP contribution in [0.1, 0.15) is 36.2 Å². The Bertz CT molecular complexity index is 813. The van der Waals surface area contributed by atoms with Crippen LogP contribution < -0.4 is 0 Å². The van der Waals surface area contributed by atoms with Crippen LogP contribution >= 0.6 is 23.2 Å². The summed E-state index contributed by atoms with van der Waals surface area (Å²) in [5.74, 6) is -2.84. The molecular weight excluding hydrogens is 365 g/mol. The molecule has 1 aromatic carbocycles. The van der Waals surface area contributed by atoms with Gasteiger partial charge in [-0.25, -0.2) is 0 Å². The number of esters is 1. The van der Waals surface area contributed by atoms with E-state index in [2.05, 4.69) is 0 Å². The van der Waals surface area contributed by atoms with Gasteiger partial charge in [0.05, 0.1) is 28.8 Å². The van der Waals surface area contributed by atoms with Crippen molar-refractivity contribution < 1.29 is 14.3 Å². The van der Waals surface area contributed by atoms with Crippen molar-refractivity contribution in [3.05, 3.63) is 33.3 Å². The number of rotatable bonds is 5. The molecule has 0 saturated heterocycles. The third-order valence-corrected chi connectivity index (χ3v) is 4.78. The Morgan fingerprint density at radius 3 is 2.48 bits per heavy atom. The van der Waals surface area contributed by atoms with Gasteiger partial charge < -0.3 is 9.64 Å². The summed E-state index contributed by atoms with van der Waals surface area (Å²) in [6.45, 7) is 3.66. The van der Waals surface area contributed by atoms with E-state index >= 15 is 0 Å². The smallest absolute Gasteiger partial charge is 0.327 e. The summed E-state index contributed by atoms with van der Waals surface area (Å²) in [7, 11) is 0. The van der Waals surface area contributed by atoms with Crippen molar-refractivity contribution in [1.29, 1.82) is 10.5 Å². The number of fused-ring (bicyclic) bond motifs is 1. The fraction of sp³-hybridized carbons (Fsp3) is 0.412. The van der Waals surface area contributed by atoms with E-state index in [1.807, 2.05) is 19.1 Å². The molecule has 8 heteroatoms. The fourth-order valence-electron chi connectivity index (χ4n) is 3.03. The third-order valence-electron chi connectivity index (χ3n) is 4.06. The average Bonchev–Trinajstić information content (AvgIpc) is 2.80. The molecule has 0 bridgehead atoms. The summed E-state index contributed by atoms with van der Waals surface area (Å²) < 4.78 is 4.96. The lowest BCUT2D eigenvalue weighted by atomic mass is 9.79. The molecule has 0 saturated carbocycles. The van der Waals surface area contributed by atoms with Gasteiger partial charge in [-0.05, 0) is 25.5 Å². The maximum absolute atomic E-state index is 12.8. The summed E-state index contributed by atoms with van der Waals surface area (Å²) >= 11 is 12.1. The molecule has 1 aromatic rings. The summed E-state index contributed by atoms with van der Waals surface area (Å²) in [6, 6.07) is 6.59. The van der Waals surface area contributed by atoms with Gasteiger partial charge in [-0.2, -0.15) is 10.5 Å². The Morgan fingerprint density at radius 2 is 1.96 bits per heavy atom. The molecule has 1 aliphatic rings. The lowest BCUT2D eigenvalue weighted by molar-refractivity contribution is -0.149. The molecule has 0 fully saturated rings. The van der Waals surface area contributed by atoms with Crippen LogP contribution in [0.4, 0.5) is 0 Å². The van der Waals surface area contributed by atoms with E-state index in [-0.39, 0.29) is 34.3 Å². The van der Waals surface area contributed by atoms with Gasteiger partial charge in [0.2, 0.25) is 0 Å². The topological polar surface area (TPSA) is 94.2 Å². The molecule has 6 nitrogen and oxygen atoms in total. The lowest BCUT2D eigenvalue weighted by Gasteiger charge is -2.35. The van der Waals surface area contributed by atoms with E-state index in [4.69, 9.17) is 27.9 Å². The van der Waals surface area contributed by atoms with Crippen molar-refractivity contribution in [2.75, 3.05) is 13.2 Å². The summed E-state index contributed by atoms with van der Waals surface area (Å²) in [5.41, 5.74) is -1.45. The standard InChI is InChI=1S/C17H15Cl2N3O3/c1-3-5-22-15(23)10-6-13(18)14(19)7-11(10)17(22,9-21)12(8-20)16(24)25-4-2/h6-7,12H,3-5H2,1-2H3. The van der Waals surface area contributed by atoms with Gasteiger partial charge in [0, 0.05) is 17.7 Å². The van der Waals surface area contributed by atoms with Crippen molar-refractivity contribution in [3.8, 4) is 12.1 Å². The summed E-state index contributed by atoms with van der Waals surface area (Å²) in [5, 5.41) is 19.9. The molecule has 2 unspecified atom stereocenters. The molecule has 0 N–H and O–H groups in total. The molecule has 0 aliphatic carbocycles. The summed E-state index contributed by atoms with van der Waals surface area (Å²) in [6.07, 6.45) is 0.533. The first-order valence-electron chi connectivity index (χ1n) is 7.67. The zero-order valence-corrected chi connectivity index (χ0v) is 15.2. The van der Waals surface area contributed by atoms with Crippen molar-refractivity contribution in [2.24, 2.45) is 5.92 Å². The zero-order valence-electron chi connectivity index (χ0n) is 13.7. The first-order chi connectivity index (χ1) is 11.9. The predicted octanol–water partition coefficient (Wildman–Crippen LogP) is 3.28. The minimum Gasteiger partial charge on any atom is -0.465 e. The molecule has 0 aromatic heterocycles. The second-order valence-corrected chi connectivity index (χ2v) is 6.28. The summed E-state index contributed by atoms with van der Waals surface area (Å²) in [4.78, 5) is 26.4. The van der Waals surface area contributed by atoms with E-state index in [1.165, 1.54) is 17.0 Å². The number of carbonyl (C=O) groups excluding carboxylic acids is 2. The Labute approximate surface area is 155 Å². The van der Waals surface area contributed by atoms with E-state index < -0.39 is 23.3 Å². The van der Waals surface area contributed by atoms with Crippen molar-refractivity contribution >= 4 is 35.1 Å². The zero-order chi connectivity index (χ0) is 18.8. The maximum atomic E-state index is 12.8. The molecule has 25 heavy (non-hydrogen) atoms. The molecule has 0 radical (unpaired) electrons. The Morgan fingerprint density at radius 1 is 1.32 bits per heavy atom. The van der Waals surface area contributed by atoms with E-state index in [0.29, 0.717) is 6.42 Å². The van der Waals surface area contributed by atoms with Gasteiger partial charge in [0.15, 0.2) is 11.5 Å². The highest BCUT2D eigenvalue weighted by Crippen LogP contribution is 2.47. The SMILES string of the molecule is CCCN1C(=O)c2cc(Cl)c(Cl)cc2C1(C#N)C(C#N)C(=O)OCC. The number of halogens is 2. The molecule has 2 rings (SSSR count). The van der Waals surface area contributed by atoms with Gasteiger partial charge in [-0.15, -0.1) is 0 Å². The molecule has 2 atom stereocenters. The van der Waals surface area contributed by atoms with Gasteiger partial charge in [-0.3, -0.25) is 9.59 Å². The molecule has 1 aliphatic heterocycles. The molecule has 130 valence electrons. The molecule has 1 heterocycles. The highest BCUT2D eigenvalue weighted by molar-refractivity contribution is 6.42. The lowest BCUT2D eigenvalue weighted by Crippen LogP contribution is -2.51. The molecule has 1 amide bonds. The number of benzene rings is 1. The maximum Gasteiger partial charge on any atom is 0.327 e. The fourth-order valence-corrected chi connectivity index (χ4v) is 3.36. The highest BCUT2D eigenvalue weighted by Gasteiger charge is 2.58. The van der Waals surface area contributed by atoms with Crippen LogP contribution in [-0.2, 0) is 15.1 Å². The minimum atomic E-state index is -1.81. The van der Waals surface area contributed by atoms with Crippen LogP contribution in [0.15, 0.2) is 12.1 Å². The van der Waals surface area contributed by atoms with Gasteiger partial charge in [0.1, 0.15) is 0 Å². The minimum absolute atomic E-state index is 0.0501. The van der Waals surface area contributed by atoms with Crippen molar-refractivity contribution in [1.82, 2.24) is 4.90 Å². The monoisotopic (exact) mass is 379 g/mol. The number of hydrogen-bond acceptors (Lipinski definition) is 5. The van der Waals surface area contributed by atoms with Gasteiger partial charge in [-0.1, -0.05) is 30.1 Å². The third kappa shape index (κ3) is 2.82. The number of ether oxygens (including phenoxy) is 1. The van der Waals surface area contributed by atoms with Crippen LogP contribution in [0.5, 0.6) is 0 Å². The largest absolute Gasteiger partial charge is 0.465 e. The Hall–Kier alpha value is -2.28. The van der Waals surface area contributed by atoms with Gasteiger partial charge in [0.25, 0.3) is 5.91 Å². The van der Waals surface area contributed by atoms with Crippen LogP contribution in [0.25, 0.3) is 0 Å². The first-order valence-corrected chi connectivity index (χ1v) is 8.43. The molecule has 0 spiro atoms. The predicted molar refractivity (Wildman–Crippen MR) is 90.8 cm³/mol. The van der Waals surface area contributed by atoms with E-state index in [9.17, 15) is 20.1 Å². The van der Waals surface area contributed by atoms with Crippen LogP contribution in [0.3, 0.4) is 0 Å². The second-order valence-electron chi connectivity index (χ2n) is 5.46. The normalized spacial score (nSPS) is 19.8. The number of hydrogen-bond donors (Lipinski definition) is 0. The Kier molecular flexibility index (Phi) is 5.57. The van der Waals surface area contributed by atoms with Crippen LogP contribution in [0, 0.1) is 28.6 Å². The number of nitrogens with zero attached hydrogens (tertiary/aromatic N) is 3. The first kappa shape index (κ1) is 19.1. The van der Waals surface area contributed by atoms with E-state index in [1.54, 1.807) is 6.92 Å².